The Kier molecular flexibility index (Phi) is 5.37. The van der Waals surface area contributed by atoms with E-state index in [-0.39, 0.29) is 6.16 Å². The van der Waals surface area contributed by atoms with Crippen LogP contribution in [0.3, 0.4) is 0 Å². The van der Waals surface area contributed by atoms with E-state index in [0.717, 1.165) is 0 Å². The second-order valence-corrected chi connectivity index (χ2v) is 7.06. The van der Waals surface area contributed by atoms with Crippen molar-refractivity contribution in [2.75, 3.05) is 13.2 Å². The molecule has 1 unspecified atom stereocenters. The van der Waals surface area contributed by atoms with E-state index in [9.17, 15) is 29.9 Å². The maximum Gasteiger partial charge on any atom is 0.332 e. The lowest BCUT2D eigenvalue weighted by Gasteiger charge is -2.41. The van der Waals surface area contributed by atoms with Gasteiger partial charge in [0, 0.05) is 0 Å². The molecule has 124 valence electrons. The van der Waals surface area contributed by atoms with E-state index in [4.69, 9.17) is 9.26 Å². The average Bonchev–Trinajstić information content (AvgIpc) is 2.48. The lowest BCUT2D eigenvalue weighted by molar-refractivity contribution is -0.329. The minimum atomic E-state index is -4.08. The maximum absolute atomic E-state index is 12.0. The van der Waals surface area contributed by atoms with Gasteiger partial charge in [-0.1, -0.05) is 30.3 Å². The van der Waals surface area contributed by atoms with Crippen molar-refractivity contribution in [3.8, 4) is 0 Å². The van der Waals surface area contributed by atoms with Gasteiger partial charge in [0.05, 0.1) is 12.8 Å². The third kappa shape index (κ3) is 4.13. The van der Waals surface area contributed by atoms with Crippen LogP contribution in [0.1, 0.15) is 5.56 Å². The highest BCUT2D eigenvalue weighted by molar-refractivity contribution is 7.51. The molecule has 1 saturated heterocycles. The molecule has 1 aliphatic rings. The molecule has 0 saturated carbocycles. The molecule has 0 amide bonds. The molecule has 1 fully saturated rings. The van der Waals surface area contributed by atoms with Crippen LogP contribution in [0.15, 0.2) is 30.3 Å². The summed E-state index contributed by atoms with van der Waals surface area (Å²) >= 11 is 0. The standard InChI is InChI=1S/C13H19O8P/c14-10-6-20-13(17,12(16)11(10)15)8-21-22(18,19)7-9-4-2-1-3-5-9/h1-5,10-12,14-17H,6-8H2,(H,18,19)/t10-,11-,12-,13-/m1/s1. The van der Waals surface area contributed by atoms with E-state index < -0.39 is 44.9 Å². The minimum Gasteiger partial charge on any atom is -0.388 e. The van der Waals surface area contributed by atoms with Crippen molar-refractivity contribution in [3.05, 3.63) is 35.9 Å². The molecule has 1 heterocycles. The van der Waals surface area contributed by atoms with E-state index in [1.165, 1.54) is 0 Å². The van der Waals surface area contributed by atoms with Gasteiger partial charge >= 0.3 is 7.60 Å². The van der Waals surface area contributed by atoms with Crippen LogP contribution in [-0.2, 0) is 20.0 Å². The van der Waals surface area contributed by atoms with Crippen LogP contribution < -0.4 is 0 Å². The molecule has 5 atom stereocenters. The molecule has 0 aliphatic carbocycles. The molecule has 22 heavy (non-hydrogen) atoms. The normalized spacial score (nSPS) is 35.0. The molecule has 1 aliphatic heterocycles. The van der Waals surface area contributed by atoms with Crippen LogP contribution in [0.4, 0.5) is 0 Å². The fourth-order valence-corrected chi connectivity index (χ4v) is 3.22. The molecule has 0 spiro atoms. The van der Waals surface area contributed by atoms with Crippen molar-refractivity contribution < 1.29 is 39.1 Å². The van der Waals surface area contributed by atoms with Gasteiger partial charge in [0.25, 0.3) is 0 Å². The summed E-state index contributed by atoms with van der Waals surface area (Å²) in [4.78, 5) is 9.79. The molecule has 2 rings (SSSR count). The van der Waals surface area contributed by atoms with E-state index in [0.29, 0.717) is 5.56 Å². The predicted octanol–water partition coefficient (Wildman–Crippen LogP) is -0.810. The van der Waals surface area contributed by atoms with Crippen LogP contribution in [0.5, 0.6) is 0 Å². The van der Waals surface area contributed by atoms with Gasteiger partial charge in [-0.3, -0.25) is 4.57 Å². The van der Waals surface area contributed by atoms with Crippen LogP contribution >= 0.6 is 7.60 Å². The maximum atomic E-state index is 12.0. The number of aliphatic hydroxyl groups excluding tert-OH is 3. The monoisotopic (exact) mass is 334 g/mol. The van der Waals surface area contributed by atoms with Crippen molar-refractivity contribution in [1.82, 2.24) is 0 Å². The minimum absolute atomic E-state index is 0.273. The molecule has 8 nitrogen and oxygen atoms in total. The first-order valence-corrected chi connectivity index (χ1v) is 8.41. The van der Waals surface area contributed by atoms with Gasteiger partial charge in [-0.05, 0) is 5.56 Å². The van der Waals surface area contributed by atoms with Crippen molar-refractivity contribution in [1.29, 1.82) is 0 Å². The summed E-state index contributed by atoms with van der Waals surface area (Å²) in [6.07, 6.45) is -5.14. The fraction of sp³-hybridized carbons (Fsp3) is 0.538. The van der Waals surface area contributed by atoms with E-state index in [2.05, 4.69) is 0 Å². The highest BCUT2D eigenvalue weighted by Crippen LogP contribution is 2.46. The lowest BCUT2D eigenvalue weighted by Crippen LogP contribution is -2.62. The first-order chi connectivity index (χ1) is 10.2. The van der Waals surface area contributed by atoms with Crippen LogP contribution in [0, 0.1) is 0 Å². The molecule has 9 heteroatoms. The van der Waals surface area contributed by atoms with Crippen molar-refractivity contribution in [2.24, 2.45) is 0 Å². The van der Waals surface area contributed by atoms with Crippen molar-refractivity contribution in [2.45, 2.75) is 30.3 Å². The van der Waals surface area contributed by atoms with E-state index in [1.807, 2.05) is 0 Å². The third-order valence-electron chi connectivity index (χ3n) is 3.38. The van der Waals surface area contributed by atoms with Gasteiger partial charge in [0.1, 0.15) is 24.9 Å². The fourth-order valence-electron chi connectivity index (χ4n) is 2.07. The number of rotatable bonds is 5. The van der Waals surface area contributed by atoms with Crippen molar-refractivity contribution in [3.63, 3.8) is 0 Å². The van der Waals surface area contributed by atoms with E-state index >= 15 is 0 Å². The smallest absolute Gasteiger partial charge is 0.332 e. The second kappa shape index (κ2) is 6.74. The zero-order valence-corrected chi connectivity index (χ0v) is 12.5. The largest absolute Gasteiger partial charge is 0.388 e. The zero-order chi connectivity index (χ0) is 16.4. The molecule has 1 aromatic rings. The number of ether oxygens (including phenoxy) is 1. The number of aliphatic hydroxyl groups is 4. The molecule has 0 aromatic heterocycles. The molecule has 5 N–H and O–H groups in total. The Balaban J connectivity index is 1.97. The Morgan fingerprint density at radius 1 is 1.27 bits per heavy atom. The number of hydrogen-bond donors (Lipinski definition) is 5. The van der Waals surface area contributed by atoms with Gasteiger partial charge in [-0.25, -0.2) is 0 Å². The van der Waals surface area contributed by atoms with Gasteiger partial charge in [-0.15, -0.1) is 0 Å². The summed E-state index contributed by atoms with van der Waals surface area (Å²) in [6, 6.07) is 8.46. The number of benzene rings is 1. The zero-order valence-electron chi connectivity index (χ0n) is 11.6. The molecular weight excluding hydrogens is 315 g/mol. The first kappa shape index (κ1) is 17.5. The van der Waals surface area contributed by atoms with Crippen LogP contribution in [-0.4, -0.2) is 62.6 Å². The predicted molar refractivity (Wildman–Crippen MR) is 74.8 cm³/mol. The van der Waals surface area contributed by atoms with Crippen molar-refractivity contribution >= 4 is 7.60 Å². The van der Waals surface area contributed by atoms with Crippen LogP contribution in [0.2, 0.25) is 0 Å². The topological polar surface area (TPSA) is 137 Å². The molecular formula is C13H19O8P. The van der Waals surface area contributed by atoms with Crippen LogP contribution in [0.25, 0.3) is 0 Å². The quantitative estimate of drug-likeness (QED) is 0.441. The summed E-state index contributed by atoms with van der Waals surface area (Å²) < 4.78 is 21.7. The van der Waals surface area contributed by atoms with Gasteiger partial charge < -0.3 is 34.6 Å². The third-order valence-corrected chi connectivity index (χ3v) is 4.68. The Morgan fingerprint density at radius 3 is 2.55 bits per heavy atom. The number of hydrogen-bond acceptors (Lipinski definition) is 7. The molecule has 0 bridgehead atoms. The molecule has 0 radical (unpaired) electrons. The highest BCUT2D eigenvalue weighted by Gasteiger charge is 2.49. The molecule has 1 aromatic carbocycles. The first-order valence-electron chi connectivity index (χ1n) is 6.64. The second-order valence-electron chi connectivity index (χ2n) is 5.21. The van der Waals surface area contributed by atoms with E-state index in [1.54, 1.807) is 30.3 Å². The highest BCUT2D eigenvalue weighted by atomic mass is 31.2. The lowest BCUT2D eigenvalue weighted by atomic mass is 9.98. The summed E-state index contributed by atoms with van der Waals surface area (Å²) in [5.41, 5.74) is 0.570. The van der Waals surface area contributed by atoms with Gasteiger partial charge in [-0.2, -0.15) is 0 Å². The van der Waals surface area contributed by atoms with Gasteiger partial charge in [0.15, 0.2) is 0 Å². The SMILES string of the molecule is O=P(O)(Cc1ccccc1)OC[C@@]1(O)OC[C@@H](O)[C@@H](O)[C@H]1O. The Morgan fingerprint density at radius 2 is 1.91 bits per heavy atom. The summed E-state index contributed by atoms with van der Waals surface area (Å²) in [5.74, 6) is -2.37. The Hall–Kier alpha value is -0.830. The summed E-state index contributed by atoms with van der Waals surface area (Å²) in [7, 11) is -4.08. The summed E-state index contributed by atoms with van der Waals surface area (Å²) in [6.45, 7) is -1.26. The Bertz CT molecular complexity index is 538. The average molecular weight is 334 g/mol. The Labute approximate surface area is 127 Å². The van der Waals surface area contributed by atoms with Gasteiger partial charge in [0.2, 0.25) is 5.79 Å². The summed E-state index contributed by atoms with van der Waals surface area (Å²) in [5, 5.41) is 38.6.